The number of carbonyl (C=O) groups is 1. The number of methoxy groups -OCH3 is 1. The molecule has 0 bridgehead atoms. The van der Waals surface area contributed by atoms with Gasteiger partial charge in [0.25, 0.3) is 0 Å². The summed E-state index contributed by atoms with van der Waals surface area (Å²) in [6.07, 6.45) is 2.91. The molecule has 2 heterocycles. The second-order valence-corrected chi connectivity index (χ2v) is 14.7. The van der Waals surface area contributed by atoms with E-state index in [1.165, 1.54) is 12.7 Å². The van der Waals surface area contributed by atoms with Gasteiger partial charge in [0.15, 0.2) is 17.2 Å². The zero-order chi connectivity index (χ0) is 33.7. The van der Waals surface area contributed by atoms with E-state index in [2.05, 4.69) is 77.1 Å². The van der Waals surface area contributed by atoms with Crippen LogP contribution in [-0.2, 0) is 34.0 Å². The molecular weight excluding hydrogens is 611 g/mol. The quantitative estimate of drug-likeness (QED) is 0.156. The number of hydrogen-bond acceptors (Lipinski definition) is 6. The molecule has 0 aliphatic carbocycles. The molecule has 2 amide bonds. The Kier molecular flexibility index (Phi) is 10.1. The van der Waals surface area contributed by atoms with Crippen LogP contribution < -0.4 is 9.46 Å². The number of urea groups is 1. The lowest BCUT2D eigenvalue weighted by molar-refractivity contribution is 0.138. The maximum absolute atomic E-state index is 12.9. The van der Waals surface area contributed by atoms with E-state index in [0.717, 1.165) is 29.5 Å². The fourth-order valence-electron chi connectivity index (χ4n) is 5.94. The van der Waals surface area contributed by atoms with Crippen LogP contribution in [0.3, 0.4) is 0 Å². The van der Waals surface area contributed by atoms with Gasteiger partial charge >= 0.3 is 6.03 Å². The van der Waals surface area contributed by atoms with Crippen molar-refractivity contribution in [3.05, 3.63) is 113 Å². The molecular formula is C37H43N5O4S. The van der Waals surface area contributed by atoms with Gasteiger partial charge in [-0.2, -0.15) is 5.11 Å². The van der Waals surface area contributed by atoms with Crippen LogP contribution in [0.4, 0.5) is 10.6 Å². The largest absolute Gasteiger partial charge is 0.493 e. The summed E-state index contributed by atoms with van der Waals surface area (Å²) in [4.78, 5) is 19.0. The average molecular weight is 654 g/mol. The molecule has 47 heavy (non-hydrogen) atoms. The Morgan fingerprint density at radius 3 is 2.19 bits per heavy atom. The van der Waals surface area contributed by atoms with E-state index in [1.807, 2.05) is 31.2 Å². The van der Waals surface area contributed by atoms with Crippen molar-refractivity contribution in [2.45, 2.75) is 70.2 Å². The standard InChI is InChI=1S/C37H43N5O4S/c1-6-42-35(43)39-41-37(42,25-28-16-20-31(21-17-28)36(2,3)4)24-10-13-27-14-18-30(19-15-27)32-22-23-33(46-5)34(38-32)40-47(44,45)26-29-11-8-7-9-12-29/h7-9,11-12,14-23H,6,10,13,24-26H2,1-5H3,(H,38,40). The van der Waals surface area contributed by atoms with Gasteiger partial charge in [0.2, 0.25) is 10.0 Å². The molecule has 4 aromatic rings. The molecule has 246 valence electrons. The summed E-state index contributed by atoms with van der Waals surface area (Å²) >= 11 is 0. The van der Waals surface area contributed by atoms with E-state index < -0.39 is 15.7 Å². The van der Waals surface area contributed by atoms with E-state index in [-0.39, 0.29) is 23.0 Å². The predicted octanol–water partition coefficient (Wildman–Crippen LogP) is 8.17. The molecule has 5 rings (SSSR count). The minimum absolute atomic E-state index is 0.0655. The summed E-state index contributed by atoms with van der Waals surface area (Å²) in [7, 11) is -2.24. The first-order valence-electron chi connectivity index (χ1n) is 15.9. The molecule has 0 saturated carbocycles. The van der Waals surface area contributed by atoms with Crippen LogP contribution in [0.5, 0.6) is 5.75 Å². The maximum atomic E-state index is 12.9. The lowest BCUT2D eigenvalue weighted by Gasteiger charge is -2.34. The monoisotopic (exact) mass is 653 g/mol. The Hall–Kier alpha value is -4.57. The first kappa shape index (κ1) is 33.8. The summed E-state index contributed by atoms with van der Waals surface area (Å²) in [5.41, 5.74) is 5.04. The van der Waals surface area contributed by atoms with E-state index >= 15 is 0 Å². The van der Waals surface area contributed by atoms with Gasteiger partial charge < -0.3 is 4.74 Å². The van der Waals surface area contributed by atoms with Gasteiger partial charge in [0, 0.05) is 18.5 Å². The SMILES string of the molecule is CCN1C(=O)N=NC1(CCCc1ccc(-c2ccc(OC)c(NS(=O)(=O)Cc3ccccc3)n2)cc1)Cc1ccc(C(C)(C)C)cc1. The Morgan fingerprint density at radius 1 is 0.872 bits per heavy atom. The molecule has 0 saturated heterocycles. The number of benzene rings is 3. The third-order valence-electron chi connectivity index (χ3n) is 8.50. The fourth-order valence-corrected chi connectivity index (χ4v) is 7.09. The smallest absolute Gasteiger partial charge is 0.363 e. The van der Waals surface area contributed by atoms with Crippen molar-refractivity contribution < 1.29 is 17.9 Å². The molecule has 1 N–H and O–H groups in total. The number of aryl methyl sites for hydroxylation is 1. The topological polar surface area (TPSA) is 113 Å². The third-order valence-corrected chi connectivity index (χ3v) is 9.72. The van der Waals surface area contributed by atoms with E-state index in [0.29, 0.717) is 36.4 Å². The van der Waals surface area contributed by atoms with Crippen LogP contribution >= 0.6 is 0 Å². The lowest BCUT2D eigenvalue weighted by Crippen LogP contribution is -2.47. The van der Waals surface area contributed by atoms with Gasteiger partial charge in [-0.3, -0.25) is 9.62 Å². The summed E-state index contributed by atoms with van der Waals surface area (Å²) in [5.74, 6) is 0.308. The van der Waals surface area contributed by atoms with Gasteiger partial charge in [-0.05, 0) is 66.0 Å². The van der Waals surface area contributed by atoms with Crippen molar-refractivity contribution in [3.8, 4) is 17.0 Å². The Morgan fingerprint density at radius 2 is 1.55 bits per heavy atom. The number of rotatable bonds is 13. The number of aromatic nitrogens is 1. The zero-order valence-corrected chi connectivity index (χ0v) is 28.5. The summed E-state index contributed by atoms with van der Waals surface area (Å²) in [6, 6.07) is 28.9. The number of hydrogen-bond donors (Lipinski definition) is 1. The molecule has 1 aliphatic heterocycles. The van der Waals surface area contributed by atoms with Crippen LogP contribution in [0, 0.1) is 0 Å². The van der Waals surface area contributed by atoms with Gasteiger partial charge in [-0.25, -0.2) is 18.2 Å². The molecule has 0 radical (unpaired) electrons. The summed E-state index contributed by atoms with van der Waals surface area (Å²) < 4.78 is 33.8. The Balaban J connectivity index is 1.26. The van der Waals surface area contributed by atoms with Crippen LogP contribution in [0.15, 0.2) is 101 Å². The number of nitrogens with zero attached hydrogens (tertiary/aromatic N) is 4. The number of nitrogens with one attached hydrogen (secondary N) is 1. The lowest BCUT2D eigenvalue weighted by atomic mass is 9.85. The highest BCUT2D eigenvalue weighted by molar-refractivity contribution is 7.91. The predicted molar refractivity (Wildman–Crippen MR) is 186 cm³/mol. The van der Waals surface area contributed by atoms with Crippen LogP contribution in [-0.4, -0.2) is 43.7 Å². The number of anilines is 1. The first-order valence-corrected chi connectivity index (χ1v) is 17.6. The number of ether oxygens (including phenoxy) is 1. The molecule has 0 fully saturated rings. The van der Waals surface area contributed by atoms with Crippen molar-refractivity contribution in [2.24, 2.45) is 10.2 Å². The molecule has 1 aromatic heterocycles. The average Bonchev–Trinajstić information content (AvgIpc) is 3.35. The number of carbonyl (C=O) groups excluding carboxylic acids is 1. The Bertz CT molecular complexity index is 1820. The molecule has 1 atom stereocenters. The van der Waals surface area contributed by atoms with Crippen LogP contribution in [0.1, 0.15) is 62.8 Å². The number of sulfonamides is 1. The summed E-state index contributed by atoms with van der Waals surface area (Å²) in [6.45, 7) is 9.10. The minimum atomic E-state index is -3.72. The van der Waals surface area contributed by atoms with Gasteiger partial charge in [-0.15, -0.1) is 0 Å². The van der Waals surface area contributed by atoms with Crippen LogP contribution in [0.2, 0.25) is 0 Å². The minimum Gasteiger partial charge on any atom is -0.493 e. The van der Waals surface area contributed by atoms with E-state index in [9.17, 15) is 13.2 Å². The van der Waals surface area contributed by atoms with E-state index in [1.54, 1.807) is 35.2 Å². The highest BCUT2D eigenvalue weighted by atomic mass is 32.2. The van der Waals surface area contributed by atoms with Crippen molar-refractivity contribution in [1.29, 1.82) is 0 Å². The highest BCUT2D eigenvalue weighted by Gasteiger charge is 2.43. The van der Waals surface area contributed by atoms with Crippen molar-refractivity contribution in [3.63, 3.8) is 0 Å². The second kappa shape index (κ2) is 14.0. The van der Waals surface area contributed by atoms with E-state index in [4.69, 9.17) is 4.74 Å². The van der Waals surface area contributed by atoms with Crippen molar-refractivity contribution in [1.82, 2.24) is 9.88 Å². The van der Waals surface area contributed by atoms with Gasteiger partial charge in [0.05, 0.1) is 18.6 Å². The van der Waals surface area contributed by atoms with Gasteiger partial charge in [0.1, 0.15) is 0 Å². The number of pyridine rings is 1. The highest BCUT2D eigenvalue weighted by Crippen LogP contribution is 2.35. The second-order valence-electron chi connectivity index (χ2n) is 13.0. The van der Waals surface area contributed by atoms with Crippen molar-refractivity contribution >= 4 is 21.9 Å². The molecule has 1 unspecified atom stereocenters. The molecule has 0 spiro atoms. The molecule has 3 aromatic carbocycles. The first-order chi connectivity index (χ1) is 22.4. The fraction of sp³-hybridized carbons (Fsp3) is 0.351. The third kappa shape index (κ3) is 8.24. The van der Waals surface area contributed by atoms with Gasteiger partial charge in [-0.1, -0.05) is 105 Å². The molecule has 1 aliphatic rings. The maximum Gasteiger partial charge on any atom is 0.363 e. The zero-order valence-electron chi connectivity index (χ0n) is 27.7. The molecule has 10 heteroatoms. The summed E-state index contributed by atoms with van der Waals surface area (Å²) in [5, 5.41) is 8.54. The molecule has 9 nitrogen and oxygen atoms in total. The number of azo groups is 1. The van der Waals surface area contributed by atoms with Crippen LogP contribution in [0.25, 0.3) is 11.3 Å². The number of likely N-dealkylation sites (N-methyl/N-ethyl adjacent to an activating group) is 1. The Labute approximate surface area is 278 Å². The number of amides is 2. The van der Waals surface area contributed by atoms with Crippen molar-refractivity contribution in [2.75, 3.05) is 18.4 Å². The normalized spacial score (nSPS) is 16.4.